The maximum absolute atomic E-state index is 12.1. The van der Waals surface area contributed by atoms with Gasteiger partial charge in [-0.1, -0.05) is 23.7 Å². The van der Waals surface area contributed by atoms with Crippen molar-refractivity contribution in [2.45, 2.75) is 0 Å². The molecule has 0 bridgehead atoms. The van der Waals surface area contributed by atoms with Crippen molar-refractivity contribution in [2.75, 3.05) is 10.6 Å². The van der Waals surface area contributed by atoms with Crippen molar-refractivity contribution in [2.24, 2.45) is 0 Å². The highest BCUT2D eigenvalue weighted by Gasteiger charge is 2.11. The van der Waals surface area contributed by atoms with Gasteiger partial charge >= 0.3 is 0 Å². The summed E-state index contributed by atoms with van der Waals surface area (Å²) in [5.74, 6) is -0.600. The van der Waals surface area contributed by atoms with Gasteiger partial charge in [0, 0.05) is 16.9 Å². The van der Waals surface area contributed by atoms with E-state index < -0.39 is 5.91 Å². The van der Waals surface area contributed by atoms with Crippen molar-refractivity contribution < 1.29 is 4.79 Å². The second-order valence-corrected chi connectivity index (χ2v) is 4.87. The molecule has 0 aromatic heterocycles. The van der Waals surface area contributed by atoms with Crippen molar-refractivity contribution in [3.05, 3.63) is 70.9 Å². The molecule has 2 rings (SSSR count). The zero-order chi connectivity index (χ0) is 16.7. The summed E-state index contributed by atoms with van der Waals surface area (Å²) in [5, 5.41) is 24.1. The number of carbonyl (C=O) groups excluding carboxylic acids is 1. The van der Waals surface area contributed by atoms with Crippen molar-refractivity contribution in [3.63, 3.8) is 0 Å². The van der Waals surface area contributed by atoms with Crippen LogP contribution in [-0.2, 0) is 4.79 Å². The van der Waals surface area contributed by atoms with E-state index in [9.17, 15) is 4.79 Å². The van der Waals surface area contributed by atoms with Crippen molar-refractivity contribution in [1.29, 1.82) is 10.5 Å². The molecule has 2 aromatic carbocycles. The Morgan fingerprint density at radius 1 is 1.09 bits per heavy atom. The maximum atomic E-state index is 12.1. The summed E-state index contributed by atoms with van der Waals surface area (Å²) < 4.78 is 0. The molecule has 0 heterocycles. The number of hydrogen-bond acceptors (Lipinski definition) is 4. The standard InChI is InChI=1S/C17H11ClN4O/c18-14-5-7-15(8-6-14)21-11-13(10-20)17(23)22-16-4-2-1-3-12(16)9-19/h1-8,11,21H,(H,22,23)/b13-11-. The van der Waals surface area contributed by atoms with Gasteiger partial charge in [0.25, 0.3) is 5.91 Å². The van der Waals surface area contributed by atoms with E-state index in [0.29, 0.717) is 22.0 Å². The van der Waals surface area contributed by atoms with E-state index >= 15 is 0 Å². The SMILES string of the molecule is N#C/C(=C/Nc1ccc(Cl)cc1)C(=O)Nc1ccccc1C#N. The van der Waals surface area contributed by atoms with Crippen LogP contribution in [0.2, 0.25) is 5.02 Å². The molecule has 0 aliphatic carbocycles. The van der Waals surface area contributed by atoms with E-state index in [0.717, 1.165) is 0 Å². The number of para-hydroxylation sites is 1. The zero-order valence-corrected chi connectivity index (χ0v) is 12.6. The monoisotopic (exact) mass is 322 g/mol. The molecule has 0 radical (unpaired) electrons. The molecule has 0 unspecified atom stereocenters. The van der Waals surface area contributed by atoms with Gasteiger partial charge in [-0.3, -0.25) is 4.79 Å². The van der Waals surface area contributed by atoms with Crippen LogP contribution >= 0.6 is 11.6 Å². The number of nitrogens with one attached hydrogen (secondary N) is 2. The Hall–Kier alpha value is -3.28. The number of anilines is 2. The molecule has 5 nitrogen and oxygen atoms in total. The minimum absolute atomic E-state index is 0.118. The Bertz CT molecular complexity index is 829. The van der Waals surface area contributed by atoms with E-state index in [1.165, 1.54) is 6.20 Å². The predicted octanol–water partition coefficient (Wildman–Crippen LogP) is 3.67. The van der Waals surface area contributed by atoms with Crippen LogP contribution in [0.1, 0.15) is 5.56 Å². The molecule has 2 N–H and O–H groups in total. The summed E-state index contributed by atoms with van der Waals surface area (Å²) in [4.78, 5) is 12.1. The third kappa shape index (κ3) is 4.34. The van der Waals surface area contributed by atoms with Gasteiger partial charge in [0.15, 0.2) is 0 Å². The Balaban J connectivity index is 2.12. The maximum Gasteiger partial charge on any atom is 0.267 e. The highest BCUT2D eigenvalue weighted by Crippen LogP contribution is 2.16. The van der Waals surface area contributed by atoms with Gasteiger partial charge < -0.3 is 10.6 Å². The van der Waals surface area contributed by atoms with Gasteiger partial charge in [0.05, 0.1) is 11.3 Å². The molecule has 0 fully saturated rings. The molecule has 112 valence electrons. The fraction of sp³-hybridized carbons (Fsp3) is 0. The number of nitrogens with zero attached hydrogens (tertiary/aromatic N) is 2. The van der Waals surface area contributed by atoms with Crippen molar-refractivity contribution in [3.8, 4) is 12.1 Å². The lowest BCUT2D eigenvalue weighted by molar-refractivity contribution is -0.112. The molecular weight excluding hydrogens is 312 g/mol. The molecular formula is C17H11ClN4O. The fourth-order valence-corrected chi connectivity index (χ4v) is 1.86. The van der Waals surface area contributed by atoms with Crippen LogP contribution in [-0.4, -0.2) is 5.91 Å². The van der Waals surface area contributed by atoms with Gasteiger partial charge in [-0.25, -0.2) is 0 Å². The molecule has 2 aromatic rings. The molecule has 0 aliphatic heterocycles. The summed E-state index contributed by atoms with van der Waals surface area (Å²) in [7, 11) is 0. The number of hydrogen-bond donors (Lipinski definition) is 2. The third-order valence-electron chi connectivity index (χ3n) is 2.89. The lowest BCUT2D eigenvalue weighted by atomic mass is 10.2. The van der Waals surface area contributed by atoms with Crippen LogP contribution in [0.25, 0.3) is 0 Å². The average Bonchev–Trinajstić information content (AvgIpc) is 2.57. The normalized spacial score (nSPS) is 10.3. The van der Waals surface area contributed by atoms with Crippen molar-refractivity contribution in [1.82, 2.24) is 0 Å². The quantitative estimate of drug-likeness (QED) is 0.664. The second kappa shape index (κ2) is 7.65. The Morgan fingerprint density at radius 3 is 2.43 bits per heavy atom. The molecule has 0 aliphatic rings. The summed E-state index contributed by atoms with van der Waals surface area (Å²) in [5.41, 5.74) is 1.25. The topological polar surface area (TPSA) is 88.7 Å². The first-order valence-electron chi connectivity index (χ1n) is 6.57. The first-order chi connectivity index (χ1) is 11.1. The molecule has 0 saturated heterocycles. The molecule has 0 saturated carbocycles. The summed E-state index contributed by atoms with van der Waals surface area (Å²) in [6.07, 6.45) is 1.30. The van der Waals surface area contributed by atoms with Gasteiger partial charge in [0.1, 0.15) is 17.7 Å². The van der Waals surface area contributed by atoms with Crippen LogP contribution in [0, 0.1) is 22.7 Å². The van der Waals surface area contributed by atoms with Gasteiger partial charge in [-0.05, 0) is 36.4 Å². The lowest BCUT2D eigenvalue weighted by Gasteiger charge is -2.06. The minimum atomic E-state index is -0.600. The minimum Gasteiger partial charge on any atom is -0.360 e. The first kappa shape index (κ1) is 16.1. The van der Waals surface area contributed by atoms with Crippen LogP contribution in [0.3, 0.4) is 0 Å². The number of carbonyl (C=O) groups is 1. The highest BCUT2D eigenvalue weighted by atomic mass is 35.5. The molecule has 23 heavy (non-hydrogen) atoms. The van der Waals surface area contributed by atoms with E-state index in [2.05, 4.69) is 10.6 Å². The zero-order valence-electron chi connectivity index (χ0n) is 11.9. The summed E-state index contributed by atoms with van der Waals surface area (Å²) in [6, 6.07) is 17.2. The number of halogens is 1. The highest BCUT2D eigenvalue weighted by molar-refractivity contribution is 6.30. The number of amides is 1. The van der Waals surface area contributed by atoms with E-state index in [1.54, 1.807) is 48.5 Å². The van der Waals surface area contributed by atoms with Crippen LogP contribution < -0.4 is 10.6 Å². The first-order valence-corrected chi connectivity index (χ1v) is 6.94. The predicted molar refractivity (Wildman–Crippen MR) is 88.6 cm³/mol. The number of nitriles is 2. The van der Waals surface area contributed by atoms with Gasteiger partial charge in [-0.15, -0.1) is 0 Å². The number of rotatable bonds is 4. The van der Waals surface area contributed by atoms with Crippen molar-refractivity contribution >= 4 is 28.9 Å². The van der Waals surface area contributed by atoms with E-state index in [1.807, 2.05) is 12.1 Å². The van der Waals surface area contributed by atoms with Crippen LogP contribution in [0.5, 0.6) is 0 Å². The average molecular weight is 323 g/mol. The van der Waals surface area contributed by atoms with Crippen LogP contribution in [0.4, 0.5) is 11.4 Å². The Kier molecular flexibility index (Phi) is 5.35. The Labute approximate surface area is 138 Å². The molecule has 6 heteroatoms. The molecule has 0 spiro atoms. The smallest absolute Gasteiger partial charge is 0.267 e. The Morgan fingerprint density at radius 2 is 1.78 bits per heavy atom. The third-order valence-corrected chi connectivity index (χ3v) is 3.14. The van der Waals surface area contributed by atoms with Crippen LogP contribution in [0.15, 0.2) is 60.3 Å². The van der Waals surface area contributed by atoms with E-state index in [4.69, 9.17) is 22.1 Å². The van der Waals surface area contributed by atoms with Gasteiger partial charge in [-0.2, -0.15) is 10.5 Å². The molecule has 1 amide bonds. The van der Waals surface area contributed by atoms with Gasteiger partial charge in [0.2, 0.25) is 0 Å². The number of benzene rings is 2. The van der Waals surface area contributed by atoms with E-state index in [-0.39, 0.29) is 5.57 Å². The largest absolute Gasteiger partial charge is 0.360 e. The fourth-order valence-electron chi connectivity index (χ4n) is 1.73. The summed E-state index contributed by atoms with van der Waals surface area (Å²) in [6.45, 7) is 0. The summed E-state index contributed by atoms with van der Waals surface area (Å²) >= 11 is 5.78. The molecule has 0 atom stereocenters. The lowest BCUT2D eigenvalue weighted by Crippen LogP contribution is -2.15. The second-order valence-electron chi connectivity index (χ2n) is 4.43.